The third-order valence-electron chi connectivity index (χ3n) is 2.79. The van der Waals surface area contributed by atoms with Gasteiger partial charge in [-0.15, -0.1) is 5.10 Å². The Morgan fingerprint density at radius 1 is 1.16 bits per heavy atom. The highest BCUT2D eigenvalue weighted by Crippen LogP contribution is 2.08. The van der Waals surface area contributed by atoms with Gasteiger partial charge in [0, 0.05) is 5.54 Å². The van der Waals surface area contributed by atoms with Crippen molar-refractivity contribution < 1.29 is 19.1 Å². The van der Waals surface area contributed by atoms with E-state index in [4.69, 9.17) is 4.74 Å². The van der Waals surface area contributed by atoms with Gasteiger partial charge in [-0.25, -0.2) is 14.3 Å². The van der Waals surface area contributed by atoms with Crippen molar-refractivity contribution in [2.24, 2.45) is 0 Å². The number of rotatable bonds is 4. The van der Waals surface area contributed by atoms with Crippen LogP contribution >= 0.6 is 0 Å². The number of benzene rings is 1. The number of esters is 1. The summed E-state index contributed by atoms with van der Waals surface area (Å²) < 4.78 is 6.30. The van der Waals surface area contributed by atoms with Crippen molar-refractivity contribution in [3.8, 4) is 5.69 Å². The van der Waals surface area contributed by atoms with Crippen LogP contribution in [0.4, 0.5) is 4.79 Å². The summed E-state index contributed by atoms with van der Waals surface area (Å²) in [6.45, 7) is 4.76. The number of aromatic nitrogens is 4. The second-order valence-electron chi connectivity index (χ2n) is 6.13. The molecular formula is C15H18N6O4. The van der Waals surface area contributed by atoms with Gasteiger partial charge in [-0.3, -0.25) is 10.1 Å². The standard InChI is InChI=1S/C15H18N6O4/c1-15(2,3)18-14(24)17-12(22)8-25-13(23)10-4-6-11(7-5-10)21-9-16-19-20-21/h4-7,9H,8H2,1-3H3,(H2,17,18,22,24). The molecule has 3 amide bonds. The Balaban J connectivity index is 1.83. The molecule has 0 unspecified atom stereocenters. The van der Waals surface area contributed by atoms with Crippen molar-refractivity contribution in [1.29, 1.82) is 0 Å². The zero-order valence-electron chi connectivity index (χ0n) is 14.0. The molecule has 0 radical (unpaired) electrons. The fourth-order valence-electron chi connectivity index (χ4n) is 1.78. The van der Waals surface area contributed by atoms with Crippen LogP contribution < -0.4 is 10.6 Å². The Bertz CT molecular complexity index is 749. The molecule has 0 aliphatic heterocycles. The van der Waals surface area contributed by atoms with Gasteiger partial charge in [0.2, 0.25) is 0 Å². The minimum Gasteiger partial charge on any atom is -0.452 e. The molecule has 10 heteroatoms. The van der Waals surface area contributed by atoms with Crippen LogP contribution in [0.1, 0.15) is 31.1 Å². The zero-order valence-corrected chi connectivity index (χ0v) is 14.0. The Kier molecular flexibility index (Phi) is 5.42. The van der Waals surface area contributed by atoms with Crippen LogP contribution in [0.2, 0.25) is 0 Å². The van der Waals surface area contributed by atoms with Crippen LogP contribution in [0.5, 0.6) is 0 Å². The molecule has 2 N–H and O–H groups in total. The first-order chi connectivity index (χ1) is 11.7. The molecule has 0 saturated carbocycles. The van der Waals surface area contributed by atoms with E-state index >= 15 is 0 Å². The first-order valence-electron chi connectivity index (χ1n) is 7.37. The normalized spacial score (nSPS) is 10.8. The summed E-state index contributed by atoms with van der Waals surface area (Å²) in [5.74, 6) is -1.41. The summed E-state index contributed by atoms with van der Waals surface area (Å²) in [5, 5.41) is 15.4. The average molecular weight is 346 g/mol. The van der Waals surface area contributed by atoms with Crippen LogP contribution in [0.3, 0.4) is 0 Å². The van der Waals surface area contributed by atoms with Crippen molar-refractivity contribution in [2.45, 2.75) is 26.3 Å². The highest BCUT2D eigenvalue weighted by molar-refractivity contribution is 5.97. The van der Waals surface area contributed by atoms with Crippen molar-refractivity contribution in [3.63, 3.8) is 0 Å². The lowest BCUT2D eigenvalue weighted by Crippen LogP contribution is -2.49. The van der Waals surface area contributed by atoms with E-state index in [-0.39, 0.29) is 5.56 Å². The number of carbonyl (C=O) groups is 3. The lowest BCUT2D eigenvalue weighted by molar-refractivity contribution is -0.123. The lowest BCUT2D eigenvalue weighted by atomic mass is 10.1. The molecule has 0 aliphatic rings. The number of amides is 3. The highest BCUT2D eigenvalue weighted by atomic mass is 16.5. The lowest BCUT2D eigenvalue weighted by Gasteiger charge is -2.20. The Labute approximate surface area is 143 Å². The minimum atomic E-state index is -0.722. The van der Waals surface area contributed by atoms with Gasteiger partial charge >= 0.3 is 12.0 Å². The topological polar surface area (TPSA) is 128 Å². The van der Waals surface area contributed by atoms with Crippen molar-refractivity contribution >= 4 is 17.9 Å². The molecule has 0 atom stereocenters. The predicted molar refractivity (Wildman–Crippen MR) is 85.9 cm³/mol. The molecule has 25 heavy (non-hydrogen) atoms. The van der Waals surface area contributed by atoms with E-state index in [1.807, 2.05) is 0 Å². The van der Waals surface area contributed by atoms with Gasteiger partial charge in [0.1, 0.15) is 6.33 Å². The van der Waals surface area contributed by atoms with Crippen molar-refractivity contribution in [2.75, 3.05) is 6.61 Å². The molecule has 2 rings (SSSR count). The minimum absolute atomic E-state index is 0.253. The van der Waals surface area contributed by atoms with Gasteiger partial charge < -0.3 is 10.1 Å². The fourth-order valence-corrected chi connectivity index (χ4v) is 1.78. The molecule has 1 aromatic heterocycles. The van der Waals surface area contributed by atoms with E-state index in [1.165, 1.54) is 23.1 Å². The summed E-state index contributed by atoms with van der Waals surface area (Å²) in [6.07, 6.45) is 1.42. The third kappa shape index (κ3) is 5.68. The second-order valence-corrected chi connectivity index (χ2v) is 6.13. The average Bonchev–Trinajstić information content (AvgIpc) is 3.05. The van der Waals surface area contributed by atoms with Gasteiger partial charge in [0.05, 0.1) is 11.3 Å². The maximum absolute atomic E-state index is 11.9. The number of imide groups is 1. The third-order valence-corrected chi connectivity index (χ3v) is 2.79. The first-order valence-corrected chi connectivity index (χ1v) is 7.37. The van der Waals surface area contributed by atoms with E-state index in [1.54, 1.807) is 32.9 Å². The van der Waals surface area contributed by atoms with Gasteiger partial charge in [0.25, 0.3) is 5.91 Å². The van der Waals surface area contributed by atoms with E-state index in [9.17, 15) is 14.4 Å². The first kappa shape index (κ1) is 18.0. The molecule has 10 nitrogen and oxygen atoms in total. The summed E-state index contributed by atoms with van der Waals surface area (Å²) in [7, 11) is 0. The molecule has 0 saturated heterocycles. The maximum atomic E-state index is 11.9. The Morgan fingerprint density at radius 2 is 1.84 bits per heavy atom. The number of hydrogen-bond acceptors (Lipinski definition) is 7. The van der Waals surface area contributed by atoms with E-state index < -0.39 is 30.1 Å². The predicted octanol–water partition coefficient (Wildman–Crippen LogP) is 0.443. The largest absolute Gasteiger partial charge is 0.452 e. The number of nitrogens with zero attached hydrogens (tertiary/aromatic N) is 4. The van der Waals surface area contributed by atoms with Gasteiger partial charge in [-0.05, 0) is 55.5 Å². The highest BCUT2D eigenvalue weighted by Gasteiger charge is 2.17. The van der Waals surface area contributed by atoms with E-state index in [0.29, 0.717) is 5.69 Å². The van der Waals surface area contributed by atoms with Crippen molar-refractivity contribution in [1.82, 2.24) is 30.8 Å². The molecule has 0 fully saturated rings. The van der Waals surface area contributed by atoms with Gasteiger partial charge in [0.15, 0.2) is 6.61 Å². The number of tetrazole rings is 1. The number of carbonyl (C=O) groups excluding carboxylic acids is 3. The van der Waals surface area contributed by atoms with Gasteiger partial charge in [-0.2, -0.15) is 0 Å². The molecule has 2 aromatic rings. The Hall–Kier alpha value is -3.30. The van der Waals surface area contributed by atoms with Crippen LogP contribution in [0, 0.1) is 0 Å². The number of urea groups is 1. The van der Waals surface area contributed by atoms with E-state index in [0.717, 1.165) is 0 Å². The van der Waals surface area contributed by atoms with Crippen molar-refractivity contribution in [3.05, 3.63) is 36.2 Å². The van der Waals surface area contributed by atoms with Crippen LogP contribution in [0.25, 0.3) is 5.69 Å². The summed E-state index contributed by atoms with van der Waals surface area (Å²) >= 11 is 0. The molecule has 0 bridgehead atoms. The van der Waals surface area contributed by atoms with E-state index in [2.05, 4.69) is 26.2 Å². The quantitative estimate of drug-likeness (QED) is 0.769. The maximum Gasteiger partial charge on any atom is 0.338 e. The van der Waals surface area contributed by atoms with Crippen LogP contribution in [-0.4, -0.2) is 50.3 Å². The molecule has 132 valence electrons. The van der Waals surface area contributed by atoms with Gasteiger partial charge in [-0.1, -0.05) is 0 Å². The molecular weight excluding hydrogens is 328 g/mol. The molecule has 0 aliphatic carbocycles. The fraction of sp³-hybridized carbons (Fsp3) is 0.333. The second kappa shape index (κ2) is 7.51. The number of ether oxygens (including phenoxy) is 1. The summed E-state index contributed by atoms with van der Waals surface area (Å²) in [6, 6.07) is 5.64. The smallest absolute Gasteiger partial charge is 0.338 e. The Morgan fingerprint density at radius 3 is 2.40 bits per heavy atom. The molecule has 1 aromatic carbocycles. The molecule has 1 heterocycles. The zero-order chi connectivity index (χ0) is 18.4. The van der Waals surface area contributed by atoms with Crippen LogP contribution in [-0.2, 0) is 9.53 Å². The summed E-state index contributed by atoms with van der Waals surface area (Å²) in [4.78, 5) is 35.1. The van der Waals surface area contributed by atoms with Crippen LogP contribution in [0.15, 0.2) is 30.6 Å². The monoisotopic (exact) mass is 346 g/mol. The molecule has 0 spiro atoms. The number of hydrogen-bond donors (Lipinski definition) is 2. The number of nitrogens with one attached hydrogen (secondary N) is 2. The summed E-state index contributed by atoms with van der Waals surface area (Å²) in [5.41, 5.74) is 0.435. The SMILES string of the molecule is CC(C)(C)NC(=O)NC(=O)COC(=O)c1ccc(-n2cnnn2)cc1.